The molecule has 0 unspecified atom stereocenters. The number of likely N-dealkylation sites (tertiary alicyclic amines) is 2. The third kappa shape index (κ3) is 9.73. The van der Waals surface area contributed by atoms with Gasteiger partial charge in [-0.05, 0) is 62.6 Å². The molecule has 0 aliphatic carbocycles. The number of carboxylic acids is 2. The van der Waals surface area contributed by atoms with E-state index in [9.17, 15) is 31.1 Å². The largest absolute Gasteiger partial charge is 0.490 e. The average Bonchev–Trinajstić information content (AvgIpc) is 3.62. The van der Waals surface area contributed by atoms with Gasteiger partial charge in [-0.2, -0.15) is 31.4 Å². The van der Waals surface area contributed by atoms with Gasteiger partial charge in [0, 0.05) is 75.2 Å². The van der Waals surface area contributed by atoms with E-state index in [4.69, 9.17) is 19.8 Å². The SMILES string of the molecule is CC(C)n1nccc1[C@@H]1CN(Cc2ccccn2)C[C@]12CCCN(Cc1ccncc1)C2=O.O=C(O)C(F)(F)F.O=C(O)C(F)(F)F. The van der Waals surface area contributed by atoms with Crippen LogP contribution in [0.4, 0.5) is 26.3 Å². The van der Waals surface area contributed by atoms with Crippen molar-refractivity contribution in [2.45, 2.75) is 64.1 Å². The number of hydrogen-bond donors (Lipinski definition) is 2. The standard InChI is InChI=1S/C26H32N6O.2C2HF3O2/c1-20(2)32-24(9-14-29-32)23-18-30(17-22-6-3-4-11-28-22)19-26(23)10-5-15-31(25(26)33)16-21-7-12-27-13-8-21;2*3-2(4,5)1(6)7/h3-4,6-9,11-14,20,23H,5,10,15-19H2,1-2H3;2*(H,6,7)/t23-,26+;;/m0../s1. The van der Waals surface area contributed by atoms with Crippen molar-refractivity contribution in [2.24, 2.45) is 5.41 Å². The second kappa shape index (κ2) is 15.4. The minimum atomic E-state index is -5.08. The average molecular weight is 673 g/mol. The highest BCUT2D eigenvalue weighted by Crippen LogP contribution is 2.50. The first-order chi connectivity index (χ1) is 22.0. The molecule has 0 bridgehead atoms. The van der Waals surface area contributed by atoms with Gasteiger partial charge in [0.05, 0.1) is 11.1 Å². The Balaban J connectivity index is 0.000000360. The number of hydrogen-bond acceptors (Lipinski definition) is 7. The van der Waals surface area contributed by atoms with E-state index in [2.05, 4.69) is 55.5 Å². The maximum Gasteiger partial charge on any atom is 0.490 e. The first-order valence-corrected chi connectivity index (χ1v) is 14.4. The lowest BCUT2D eigenvalue weighted by atomic mass is 9.70. The Labute approximate surface area is 265 Å². The molecule has 2 aliphatic rings. The molecule has 2 aliphatic heterocycles. The Morgan fingerprint density at radius 1 is 0.936 bits per heavy atom. The van der Waals surface area contributed by atoms with Crippen LogP contribution in [0.3, 0.4) is 0 Å². The summed E-state index contributed by atoms with van der Waals surface area (Å²) in [7, 11) is 0. The van der Waals surface area contributed by atoms with Crippen molar-refractivity contribution < 1.29 is 50.9 Å². The van der Waals surface area contributed by atoms with Crippen LogP contribution in [-0.4, -0.2) is 89.6 Å². The summed E-state index contributed by atoms with van der Waals surface area (Å²) in [4.78, 5) is 45.1. The highest BCUT2D eigenvalue weighted by atomic mass is 19.4. The molecule has 1 amide bonds. The summed E-state index contributed by atoms with van der Waals surface area (Å²) in [6.45, 7) is 8.10. The second-order valence-corrected chi connectivity index (χ2v) is 11.3. The Morgan fingerprint density at radius 2 is 1.55 bits per heavy atom. The van der Waals surface area contributed by atoms with Gasteiger partial charge in [-0.25, -0.2) is 9.59 Å². The van der Waals surface area contributed by atoms with Gasteiger partial charge in [-0.3, -0.25) is 24.3 Å². The summed E-state index contributed by atoms with van der Waals surface area (Å²) in [6.07, 6.45) is -0.922. The highest BCUT2D eigenvalue weighted by Gasteiger charge is 2.56. The van der Waals surface area contributed by atoms with Crippen LogP contribution in [-0.2, 0) is 27.5 Å². The zero-order chi connectivity index (χ0) is 35.0. The minimum Gasteiger partial charge on any atom is -0.475 e. The van der Waals surface area contributed by atoms with Crippen LogP contribution in [0.15, 0.2) is 61.2 Å². The van der Waals surface area contributed by atoms with E-state index in [1.807, 2.05) is 36.7 Å². The van der Waals surface area contributed by atoms with Gasteiger partial charge < -0.3 is 15.1 Å². The van der Waals surface area contributed by atoms with Gasteiger partial charge in [0.25, 0.3) is 0 Å². The summed E-state index contributed by atoms with van der Waals surface area (Å²) in [5, 5.41) is 18.9. The first kappa shape index (κ1) is 36.9. The molecule has 47 heavy (non-hydrogen) atoms. The third-order valence-corrected chi connectivity index (χ3v) is 7.64. The number of aliphatic carboxylic acids is 2. The second-order valence-electron chi connectivity index (χ2n) is 11.3. The molecule has 2 fully saturated rings. The number of carbonyl (C=O) groups is 3. The van der Waals surface area contributed by atoms with Crippen molar-refractivity contribution in [2.75, 3.05) is 19.6 Å². The number of piperidine rings is 1. The number of carboxylic acid groups (broad SMARTS) is 2. The van der Waals surface area contributed by atoms with Crippen LogP contribution < -0.4 is 0 Å². The van der Waals surface area contributed by atoms with E-state index in [-0.39, 0.29) is 17.9 Å². The summed E-state index contributed by atoms with van der Waals surface area (Å²) in [5.74, 6) is -5.13. The lowest BCUT2D eigenvalue weighted by molar-refractivity contribution is -0.193. The van der Waals surface area contributed by atoms with Crippen molar-refractivity contribution in [3.05, 3.63) is 78.1 Å². The molecular weight excluding hydrogens is 638 g/mol. The van der Waals surface area contributed by atoms with Crippen molar-refractivity contribution >= 4 is 17.8 Å². The van der Waals surface area contributed by atoms with E-state index >= 15 is 0 Å². The van der Waals surface area contributed by atoms with Crippen LogP contribution >= 0.6 is 0 Å². The lowest BCUT2D eigenvalue weighted by Crippen LogP contribution is -2.52. The monoisotopic (exact) mass is 672 g/mol. The van der Waals surface area contributed by atoms with Gasteiger partial charge in [0.15, 0.2) is 0 Å². The van der Waals surface area contributed by atoms with Crippen molar-refractivity contribution in [1.82, 2.24) is 29.5 Å². The molecule has 2 atom stereocenters. The van der Waals surface area contributed by atoms with Crippen LogP contribution in [0.25, 0.3) is 0 Å². The van der Waals surface area contributed by atoms with E-state index in [1.165, 1.54) is 5.69 Å². The van der Waals surface area contributed by atoms with Crippen LogP contribution in [0.5, 0.6) is 0 Å². The summed E-state index contributed by atoms with van der Waals surface area (Å²) in [6, 6.07) is 12.4. The maximum atomic E-state index is 14.2. The molecule has 0 saturated carbocycles. The zero-order valence-electron chi connectivity index (χ0n) is 25.4. The fourth-order valence-corrected chi connectivity index (χ4v) is 5.69. The van der Waals surface area contributed by atoms with Gasteiger partial charge in [-0.15, -0.1) is 0 Å². The van der Waals surface area contributed by atoms with Crippen LogP contribution in [0, 0.1) is 5.41 Å². The van der Waals surface area contributed by atoms with E-state index in [1.54, 1.807) is 12.4 Å². The summed E-state index contributed by atoms with van der Waals surface area (Å²) < 4.78 is 65.6. The molecule has 5 heterocycles. The Hall–Kier alpha value is -4.54. The quantitative estimate of drug-likeness (QED) is 0.349. The van der Waals surface area contributed by atoms with Crippen molar-refractivity contribution in [3.8, 4) is 0 Å². The number of amides is 1. The number of carbonyl (C=O) groups excluding carboxylic acids is 1. The molecule has 0 radical (unpaired) electrons. The Kier molecular flexibility index (Phi) is 12.1. The van der Waals surface area contributed by atoms with Crippen LogP contribution in [0.2, 0.25) is 0 Å². The van der Waals surface area contributed by atoms with E-state index in [0.717, 1.165) is 50.3 Å². The minimum absolute atomic E-state index is 0.110. The first-order valence-electron chi connectivity index (χ1n) is 14.4. The normalized spacial score (nSPS) is 20.0. The lowest BCUT2D eigenvalue weighted by Gasteiger charge is -2.42. The molecule has 11 nitrogen and oxygen atoms in total. The topological polar surface area (TPSA) is 142 Å². The summed E-state index contributed by atoms with van der Waals surface area (Å²) in [5.41, 5.74) is 2.91. The smallest absolute Gasteiger partial charge is 0.475 e. The Bertz CT molecular complexity index is 1460. The van der Waals surface area contributed by atoms with Crippen molar-refractivity contribution in [1.29, 1.82) is 0 Å². The molecule has 5 rings (SSSR count). The fourth-order valence-electron chi connectivity index (χ4n) is 5.69. The number of alkyl halides is 6. The molecule has 0 aromatic carbocycles. The number of aromatic nitrogens is 4. The highest BCUT2D eigenvalue weighted by molar-refractivity contribution is 5.85. The van der Waals surface area contributed by atoms with Gasteiger partial charge in [0.2, 0.25) is 5.91 Å². The third-order valence-electron chi connectivity index (χ3n) is 7.64. The molecule has 3 aromatic heterocycles. The van der Waals surface area contributed by atoms with Gasteiger partial charge in [0.1, 0.15) is 0 Å². The summed E-state index contributed by atoms with van der Waals surface area (Å²) >= 11 is 0. The maximum absolute atomic E-state index is 14.2. The number of pyridine rings is 2. The van der Waals surface area contributed by atoms with Crippen molar-refractivity contribution in [3.63, 3.8) is 0 Å². The molecule has 2 saturated heterocycles. The molecule has 2 N–H and O–H groups in total. The molecule has 3 aromatic rings. The zero-order valence-corrected chi connectivity index (χ0v) is 25.4. The van der Waals surface area contributed by atoms with E-state index in [0.29, 0.717) is 6.54 Å². The molecule has 1 spiro atoms. The molecule has 17 heteroatoms. The van der Waals surface area contributed by atoms with Gasteiger partial charge >= 0.3 is 24.3 Å². The van der Waals surface area contributed by atoms with Crippen LogP contribution in [0.1, 0.15) is 55.6 Å². The van der Waals surface area contributed by atoms with E-state index < -0.39 is 29.7 Å². The predicted molar refractivity (Wildman–Crippen MR) is 154 cm³/mol. The number of halogens is 6. The molecule has 256 valence electrons. The molecular formula is C30H34F6N6O5. The Morgan fingerprint density at radius 3 is 2.09 bits per heavy atom. The van der Waals surface area contributed by atoms with Gasteiger partial charge in [-0.1, -0.05) is 6.07 Å². The number of nitrogens with zero attached hydrogens (tertiary/aromatic N) is 6. The predicted octanol–water partition coefficient (Wildman–Crippen LogP) is 4.93. The number of rotatable bonds is 6. The fraction of sp³-hybridized carbons (Fsp3) is 0.467.